The average Bonchev–Trinajstić information content (AvgIpc) is 2.68. The number of Topliss-reactive ketones (excluding diaryl/α,β-unsaturated/α-hetero) is 1. The molecule has 0 saturated heterocycles. The normalized spacial score (nSPS) is 18.5. The molecule has 0 radical (unpaired) electrons. The van der Waals surface area contributed by atoms with Gasteiger partial charge in [-0.15, -0.1) is 0 Å². The predicted octanol–water partition coefficient (Wildman–Crippen LogP) is 1.60. The summed E-state index contributed by atoms with van der Waals surface area (Å²) in [6.45, 7) is 7.12. The molecule has 1 saturated carbocycles. The third-order valence-electron chi connectivity index (χ3n) is 5.98. The Morgan fingerprint density at radius 1 is 1.07 bits per heavy atom. The molecule has 9 heteroatoms. The highest BCUT2D eigenvalue weighted by molar-refractivity contribution is 7.65. The van der Waals surface area contributed by atoms with E-state index in [0.29, 0.717) is 6.42 Å². The van der Waals surface area contributed by atoms with Gasteiger partial charge in [-0.1, -0.05) is 53.4 Å². The molecule has 3 atom stereocenters. The molecule has 1 aliphatic rings. The monoisotopic (exact) mass is 446 g/mol. The van der Waals surface area contributed by atoms with E-state index >= 15 is 0 Å². The van der Waals surface area contributed by atoms with Gasteiger partial charge in [0, 0.05) is 0 Å². The maximum atomic E-state index is 12.6. The Kier molecular flexibility index (Phi) is 11.4. The molecule has 1 rings (SSSR count). The van der Waals surface area contributed by atoms with E-state index in [4.69, 9.17) is 5.73 Å². The number of nitrogens with one attached hydrogen (secondary N) is 2. The molecule has 1 aliphatic carbocycles. The van der Waals surface area contributed by atoms with Crippen LogP contribution < -0.4 is 16.4 Å². The van der Waals surface area contributed by atoms with Gasteiger partial charge < -0.3 is 16.4 Å². The third kappa shape index (κ3) is 9.38. The molecule has 0 aromatic rings. The molecule has 0 aromatic heterocycles. The summed E-state index contributed by atoms with van der Waals surface area (Å²) >= 11 is 0. The van der Waals surface area contributed by atoms with Gasteiger partial charge in [0.1, 0.15) is 12.2 Å². The fourth-order valence-corrected chi connectivity index (χ4v) is 5.73. The van der Waals surface area contributed by atoms with Crippen molar-refractivity contribution in [3.8, 4) is 0 Å². The van der Waals surface area contributed by atoms with E-state index in [1.165, 1.54) is 6.42 Å². The summed E-state index contributed by atoms with van der Waals surface area (Å²) in [4.78, 5) is 57.8. The van der Waals surface area contributed by atoms with Crippen LogP contribution in [0.25, 0.3) is 0 Å². The van der Waals surface area contributed by atoms with E-state index in [2.05, 4.69) is 10.6 Å². The summed E-state index contributed by atoms with van der Waals surface area (Å²) in [6.07, 6.45) is 5.95. The molecule has 30 heavy (non-hydrogen) atoms. The maximum Gasteiger partial charge on any atom is 0.275 e. The van der Waals surface area contributed by atoms with Gasteiger partial charge in [0.15, 0.2) is 11.9 Å². The second kappa shape index (κ2) is 12.7. The number of hydrogen-bond acceptors (Lipinski definition) is 6. The summed E-state index contributed by atoms with van der Waals surface area (Å²) in [5, 5.41) is 5.24. The van der Waals surface area contributed by atoms with Crippen molar-refractivity contribution in [2.75, 3.05) is 18.9 Å². The predicted molar refractivity (Wildman–Crippen MR) is 120 cm³/mol. The summed E-state index contributed by atoms with van der Waals surface area (Å²) in [5.74, 6) is -1.22. The van der Waals surface area contributed by atoms with Crippen LogP contribution >= 0.6 is 7.72 Å². The number of rotatable bonds is 12. The van der Waals surface area contributed by atoms with Crippen molar-refractivity contribution in [1.82, 2.24) is 10.6 Å². The van der Waals surface area contributed by atoms with Crippen LogP contribution in [0.4, 0.5) is 0 Å². The van der Waals surface area contributed by atoms with Crippen LogP contribution in [0.5, 0.6) is 0 Å². The SMILES string of the molecule is CCC(C)[C@H](NC(=O)[C@@H](N)C(C)C)C(=O)NCC(=O)C[P+](O)(O)CC1CCCCC1. The fraction of sp³-hybridized carbons (Fsp3) is 0.857. The van der Waals surface area contributed by atoms with Crippen molar-refractivity contribution in [3.63, 3.8) is 0 Å². The van der Waals surface area contributed by atoms with Gasteiger partial charge >= 0.3 is 0 Å². The Hall–Kier alpha value is -1.08. The fourth-order valence-electron chi connectivity index (χ4n) is 3.74. The number of carbonyl (C=O) groups excluding carboxylic acids is 3. The Labute approximate surface area is 181 Å². The lowest BCUT2D eigenvalue weighted by molar-refractivity contribution is -0.132. The number of ketones is 1. The van der Waals surface area contributed by atoms with E-state index < -0.39 is 37.4 Å². The number of hydrogen-bond donors (Lipinski definition) is 5. The molecular formula is C21H41N3O5P+. The average molecular weight is 447 g/mol. The van der Waals surface area contributed by atoms with Crippen molar-refractivity contribution in [3.05, 3.63) is 0 Å². The minimum Gasteiger partial charge on any atom is -0.347 e. The third-order valence-corrected chi connectivity index (χ3v) is 7.94. The summed E-state index contributed by atoms with van der Waals surface area (Å²) < 4.78 is 0. The second-order valence-corrected chi connectivity index (χ2v) is 11.6. The highest BCUT2D eigenvalue weighted by atomic mass is 31.2. The van der Waals surface area contributed by atoms with E-state index in [-0.39, 0.29) is 36.6 Å². The standard InChI is InChI=1S/C21H40N3O5P/c1-5-15(4)19(24-20(26)18(22)14(2)3)21(27)23-11-17(25)13-30(28,29)12-16-9-7-6-8-10-16/h14-16,18-19,28-29H,5-13,22H2,1-4H3,(H-,23,24,26,27)/p+1/t15?,18-,19-/m0/s1. The Morgan fingerprint density at radius 2 is 1.67 bits per heavy atom. The largest absolute Gasteiger partial charge is 0.347 e. The van der Waals surface area contributed by atoms with Crippen LogP contribution in [-0.2, 0) is 14.4 Å². The maximum absolute atomic E-state index is 12.6. The highest BCUT2D eigenvalue weighted by Crippen LogP contribution is 2.52. The van der Waals surface area contributed by atoms with Gasteiger partial charge in [-0.3, -0.25) is 14.4 Å². The van der Waals surface area contributed by atoms with Crippen molar-refractivity contribution < 1.29 is 24.2 Å². The summed E-state index contributed by atoms with van der Waals surface area (Å²) in [6, 6.07) is -1.52. The van der Waals surface area contributed by atoms with Crippen molar-refractivity contribution in [2.24, 2.45) is 23.5 Å². The minimum atomic E-state index is -3.31. The van der Waals surface area contributed by atoms with E-state index in [1.807, 2.05) is 27.7 Å². The Bertz CT molecular complexity index is 579. The van der Waals surface area contributed by atoms with Gasteiger partial charge in [0.05, 0.1) is 12.6 Å². The molecule has 0 aromatic carbocycles. The molecule has 0 bridgehead atoms. The second-order valence-electron chi connectivity index (χ2n) is 9.12. The van der Waals surface area contributed by atoms with Crippen LogP contribution in [0.15, 0.2) is 0 Å². The summed E-state index contributed by atoms with van der Waals surface area (Å²) in [5.41, 5.74) is 5.87. The van der Waals surface area contributed by atoms with Crippen LogP contribution in [0.2, 0.25) is 0 Å². The molecule has 174 valence electrons. The lowest BCUT2D eigenvalue weighted by atomic mass is 9.91. The van der Waals surface area contributed by atoms with Crippen molar-refractivity contribution >= 4 is 25.3 Å². The molecule has 8 nitrogen and oxygen atoms in total. The molecule has 0 aliphatic heterocycles. The summed E-state index contributed by atoms with van der Waals surface area (Å²) in [7, 11) is -3.31. The molecular weight excluding hydrogens is 405 g/mol. The van der Waals surface area contributed by atoms with Crippen molar-refractivity contribution in [2.45, 2.75) is 78.3 Å². The molecule has 1 unspecified atom stereocenters. The number of amides is 2. The minimum absolute atomic E-state index is 0.0671. The highest BCUT2D eigenvalue weighted by Gasteiger charge is 2.39. The van der Waals surface area contributed by atoms with Crippen LogP contribution in [0.1, 0.15) is 66.2 Å². The zero-order valence-corrected chi connectivity index (χ0v) is 19.8. The number of nitrogens with two attached hydrogens (primary N) is 1. The van der Waals surface area contributed by atoms with Crippen LogP contribution in [0, 0.1) is 17.8 Å². The molecule has 0 spiro atoms. The smallest absolute Gasteiger partial charge is 0.275 e. The first-order chi connectivity index (χ1) is 14.0. The topological polar surface area (TPSA) is 142 Å². The van der Waals surface area contributed by atoms with E-state index in [9.17, 15) is 24.2 Å². The zero-order chi connectivity index (χ0) is 22.9. The first kappa shape index (κ1) is 27.0. The quantitative estimate of drug-likeness (QED) is 0.288. The van der Waals surface area contributed by atoms with Crippen LogP contribution in [-0.4, -0.2) is 58.3 Å². The van der Waals surface area contributed by atoms with Gasteiger partial charge in [-0.05, 0) is 30.6 Å². The zero-order valence-electron chi connectivity index (χ0n) is 18.9. The molecule has 0 heterocycles. The van der Waals surface area contributed by atoms with E-state index in [1.54, 1.807) is 0 Å². The number of carbonyl (C=O) groups is 3. The van der Waals surface area contributed by atoms with E-state index in [0.717, 1.165) is 25.7 Å². The first-order valence-electron chi connectivity index (χ1n) is 11.1. The lowest BCUT2D eigenvalue weighted by Crippen LogP contribution is -2.55. The van der Waals surface area contributed by atoms with Gasteiger partial charge in [0.2, 0.25) is 11.8 Å². The molecule has 2 amide bonds. The molecule has 1 fully saturated rings. The molecule has 6 N–H and O–H groups in total. The van der Waals surface area contributed by atoms with Crippen molar-refractivity contribution in [1.29, 1.82) is 0 Å². The Balaban J connectivity index is 2.58. The van der Waals surface area contributed by atoms with Gasteiger partial charge in [0.25, 0.3) is 7.72 Å². The van der Waals surface area contributed by atoms with Gasteiger partial charge in [-0.25, -0.2) is 9.79 Å². The van der Waals surface area contributed by atoms with Crippen LogP contribution in [0.3, 0.4) is 0 Å². The lowest BCUT2D eigenvalue weighted by Gasteiger charge is -2.26. The first-order valence-corrected chi connectivity index (χ1v) is 13.2. The van der Waals surface area contributed by atoms with Gasteiger partial charge in [-0.2, -0.15) is 0 Å². The Morgan fingerprint density at radius 3 is 2.20 bits per heavy atom.